The Balaban J connectivity index is 1.80. The molecule has 0 radical (unpaired) electrons. The van der Waals surface area contributed by atoms with E-state index in [1.165, 1.54) is 11.3 Å². The van der Waals surface area contributed by atoms with Crippen molar-refractivity contribution in [2.75, 3.05) is 5.32 Å². The summed E-state index contributed by atoms with van der Waals surface area (Å²) < 4.78 is 0. The van der Waals surface area contributed by atoms with Gasteiger partial charge in [0.05, 0.1) is 5.56 Å². The maximum Gasteiger partial charge on any atom is 0.251 e. The van der Waals surface area contributed by atoms with Gasteiger partial charge in [-0.2, -0.15) is 0 Å². The van der Waals surface area contributed by atoms with Crippen molar-refractivity contribution >= 4 is 45.5 Å². The summed E-state index contributed by atoms with van der Waals surface area (Å²) in [4.78, 5) is 24.7. The van der Waals surface area contributed by atoms with Crippen molar-refractivity contribution in [1.29, 1.82) is 0 Å². The van der Waals surface area contributed by atoms with Crippen LogP contribution in [0.2, 0.25) is 0 Å². The summed E-state index contributed by atoms with van der Waals surface area (Å²) in [7, 11) is 0. The third kappa shape index (κ3) is 4.24. The molecule has 2 amide bonds. The molecule has 0 bridgehead atoms. The molecule has 1 heterocycles. The Labute approximate surface area is 155 Å². The van der Waals surface area contributed by atoms with Crippen LogP contribution >= 0.6 is 23.6 Å². The first-order valence-corrected chi connectivity index (χ1v) is 9.26. The second-order valence-electron chi connectivity index (χ2n) is 6.10. The topological polar surface area (TPSA) is 84.2 Å². The van der Waals surface area contributed by atoms with Crippen molar-refractivity contribution < 1.29 is 9.59 Å². The van der Waals surface area contributed by atoms with Crippen LogP contribution in [0.3, 0.4) is 0 Å². The highest BCUT2D eigenvalue weighted by Gasteiger charge is 2.30. The second-order valence-corrected chi connectivity index (χ2v) is 7.61. The number of thiocarbonyl (C=S) groups is 1. The number of carbonyl (C=O) groups excluding carboxylic acids is 2. The molecular formula is C18H19N3O2S2. The molecule has 130 valence electrons. The Bertz CT molecular complexity index is 826. The van der Waals surface area contributed by atoms with Crippen LogP contribution in [-0.4, -0.2) is 16.9 Å². The second kappa shape index (κ2) is 7.33. The first-order valence-electron chi connectivity index (χ1n) is 8.03. The van der Waals surface area contributed by atoms with Gasteiger partial charge in [0.2, 0.25) is 5.91 Å². The van der Waals surface area contributed by atoms with E-state index in [4.69, 9.17) is 18.0 Å². The molecule has 1 aliphatic rings. The molecule has 7 heteroatoms. The summed E-state index contributed by atoms with van der Waals surface area (Å²) in [5.41, 5.74) is 7.98. The van der Waals surface area contributed by atoms with Gasteiger partial charge in [0.25, 0.3) is 5.91 Å². The normalized spacial score (nSPS) is 13.3. The zero-order chi connectivity index (χ0) is 18.0. The van der Waals surface area contributed by atoms with Crippen LogP contribution in [0.25, 0.3) is 0 Å². The molecule has 0 saturated heterocycles. The Morgan fingerprint density at radius 2 is 1.96 bits per heavy atom. The quantitative estimate of drug-likeness (QED) is 0.704. The number of rotatable bonds is 5. The van der Waals surface area contributed by atoms with Crippen LogP contribution in [0.5, 0.6) is 0 Å². The molecule has 25 heavy (non-hydrogen) atoms. The van der Waals surface area contributed by atoms with Crippen molar-refractivity contribution in [2.45, 2.75) is 26.2 Å². The number of carbonyl (C=O) groups is 2. The molecule has 0 unspecified atom stereocenters. The Morgan fingerprint density at radius 1 is 1.28 bits per heavy atom. The van der Waals surface area contributed by atoms with Crippen LogP contribution in [-0.2, 0) is 11.2 Å². The SMILES string of the molecule is Cc1c(Cc2ccccc2)sc(NC(=S)NC(=O)C2CC2)c1C(N)=O. The third-order valence-electron chi connectivity index (χ3n) is 4.11. The summed E-state index contributed by atoms with van der Waals surface area (Å²) in [6, 6.07) is 10.0. The summed E-state index contributed by atoms with van der Waals surface area (Å²) in [5, 5.41) is 6.42. The van der Waals surface area contributed by atoms with E-state index in [1.54, 1.807) is 0 Å². The minimum atomic E-state index is -0.508. The fourth-order valence-electron chi connectivity index (χ4n) is 2.59. The lowest BCUT2D eigenvalue weighted by Crippen LogP contribution is -2.35. The lowest BCUT2D eigenvalue weighted by Gasteiger charge is -2.08. The summed E-state index contributed by atoms with van der Waals surface area (Å²) in [6.07, 6.45) is 2.52. The molecule has 0 aliphatic heterocycles. The minimum Gasteiger partial charge on any atom is -0.365 e. The van der Waals surface area contributed by atoms with Gasteiger partial charge in [-0.1, -0.05) is 30.3 Å². The predicted molar refractivity (Wildman–Crippen MR) is 104 cm³/mol. The zero-order valence-corrected chi connectivity index (χ0v) is 15.4. The van der Waals surface area contributed by atoms with Crippen LogP contribution in [0.15, 0.2) is 30.3 Å². The fourth-order valence-corrected chi connectivity index (χ4v) is 4.11. The minimum absolute atomic E-state index is 0.0640. The van der Waals surface area contributed by atoms with Gasteiger partial charge in [-0.3, -0.25) is 9.59 Å². The van der Waals surface area contributed by atoms with Crippen LogP contribution < -0.4 is 16.4 Å². The average Bonchev–Trinajstić information content (AvgIpc) is 3.35. The number of primary amides is 1. The largest absolute Gasteiger partial charge is 0.365 e. The standard InChI is InChI=1S/C18H19N3O2S2/c1-10-13(9-11-5-3-2-4-6-11)25-17(14(10)15(19)22)21-18(24)20-16(23)12-7-8-12/h2-6,12H,7-9H2,1H3,(H2,19,22)(H2,20,21,23,24). The fraction of sp³-hybridized carbons (Fsp3) is 0.278. The van der Waals surface area contributed by atoms with Crippen LogP contribution in [0, 0.1) is 12.8 Å². The van der Waals surface area contributed by atoms with Gasteiger partial charge >= 0.3 is 0 Å². The lowest BCUT2D eigenvalue weighted by atomic mass is 10.1. The predicted octanol–water partition coefficient (Wildman–Crippen LogP) is 2.97. The number of hydrogen-bond donors (Lipinski definition) is 3. The summed E-state index contributed by atoms with van der Waals surface area (Å²) in [6.45, 7) is 1.88. The maximum absolute atomic E-state index is 11.9. The van der Waals surface area contributed by atoms with Gasteiger partial charge in [0.1, 0.15) is 5.00 Å². The van der Waals surface area contributed by atoms with Gasteiger partial charge in [-0.25, -0.2) is 0 Å². The van der Waals surface area contributed by atoms with Gasteiger partial charge in [-0.15, -0.1) is 11.3 Å². The van der Waals surface area contributed by atoms with Gasteiger partial charge in [0, 0.05) is 17.2 Å². The monoisotopic (exact) mass is 373 g/mol. The van der Waals surface area contributed by atoms with E-state index >= 15 is 0 Å². The molecule has 4 N–H and O–H groups in total. The molecule has 0 spiro atoms. The third-order valence-corrected chi connectivity index (χ3v) is 5.52. The maximum atomic E-state index is 11.9. The molecule has 1 aliphatic carbocycles. The van der Waals surface area contributed by atoms with E-state index in [2.05, 4.69) is 10.6 Å². The smallest absolute Gasteiger partial charge is 0.251 e. The van der Waals surface area contributed by atoms with Crippen molar-refractivity contribution in [3.8, 4) is 0 Å². The number of nitrogens with two attached hydrogens (primary N) is 1. The number of anilines is 1. The summed E-state index contributed by atoms with van der Waals surface area (Å²) >= 11 is 6.64. The molecule has 0 atom stereocenters. The number of hydrogen-bond acceptors (Lipinski definition) is 4. The number of thiophene rings is 1. The molecule has 3 rings (SSSR count). The van der Waals surface area contributed by atoms with E-state index in [9.17, 15) is 9.59 Å². The van der Waals surface area contributed by atoms with Crippen molar-refractivity contribution in [3.63, 3.8) is 0 Å². The van der Waals surface area contributed by atoms with E-state index in [1.807, 2.05) is 37.3 Å². The van der Waals surface area contributed by atoms with E-state index in [0.717, 1.165) is 28.8 Å². The van der Waals surface area contributed by atoms with Gasteiger partial charge in [0.15, 0.2) is 5.11 Å². The highest BCUT2D eigenvalue weighted by molar-refractivity contribution is 7.80. The lowest BCUT2D eigenvalue weighted by molar-refractivity contribution is -0.120. The highest BCUT2D eigenvalue weighted by atomic mass is 32.1. The van der Waals surface area contributed by atoms with E-state index < -0.39 is 5.91 Å². The molecule has 1 aromatic carbocycles. The Hall–Kier alpha value is -2.25. The van der Waals surface area contributed by atoms with Crippen LogP contribution in [0.1, 0.15) is 39.2 Å². The molecule has 1 aromatic heterocycles. The van der Waals surface area contributed by atoms with Crippen LogP contribution in [0.4, 0.5) is 5.00 Å². The van der Waals surface area contributed by atoms with Crippen molar-refractivity contribution in [2.24, 2.45) is 11.7 Å². The molecule has 1 fully saturated rings. The molecule has 2 aromatic rings. The van der Waals surface area contributed by atoms with Crippen molar-refractivity contribution in [3.05, 3.63) is 51.9 Å². The summed E-state index contributed by atoms with van der Waals surface area (Å²) in [5.74, 6) is -0.517. The van der Waals surface area contributed by atoms with E-state index in [0.29, 0.717) is 17.0 Å². The Kier molecular flexibility index (Phi) is 5.15. The number of nitrogens with one attached hydrogen (secondary N) is 2. The zero-order valence-electron chi connectivity index (χ0n) is 13.8. The number of amides is 2. The number of benzene rings is 1. The molecule has 1 saturated carbocycles. The van der Waals surface area contributed by atoms with Gasteiger partial charge < -0.3 is 16.4 Å². The first kappa shape index (κ1) is 17.6. The first-order chi connectivity index (χ1) is 12.0. The van der Waals surface area contributed by atoms with E-state index in [-0.39, 0.29) is 16.9 Å². The van der Waals surface area contributed by atoms with Crippen molar-refractivity contribution in [1.82, 2.24) is 5.32 Å². The van der Waals surface area contributed by atoms with Gasteiger partial charge in [-0.05, 0) is 43.1 Å². The molecular weight excluding hydrogens is 354 g/mol. The Morgan fingerprint density at radius 3 is 2.56 bits per heavy atom. The highest BCUT2D eigenvalue weighted by Crippen LogP contribution is 2.34. The molecule has 5 nitrogen and oxygen atoms in total. The average molecular weight is 374 g/mol.